The second-order valence-electron chi connectivity index (χ2n) is 6.05. The van der Waals surface area contributed by atoms with Crippen molar-refractivity contribution in [3.05, 3.63) is 24.3 Å². The molecular weight excluding hydrogens is 314 g/mol. The Morgan fingerprint density at radius 3 is 2.96 bits per heavy atom. The van der Waals surface area contributed by atoms with Crippen molar-refractivity contribution in [3.63, 3.8) is 0 Å². The first-order valence-corrected chi connectivity index (χ1v) is 8.19. The zero-order valence-electron chi connectivity index (χ0n) is 13.7. The highest BCUT2D eigenvalue weighted by atomic mass is 16.7. The van der Waals surface area contributed by atoms with Crippen molar-refractivity contribution in [2.45, 2.75) is 31.2 Å². The van der Waals surface area contributed by atoms with Crippen LogP contribution in [-0.2, 0) is 9.47 Å². The highest BCUT2D eigenvalue weighted by Gasteiger charge is 2.31. The molecule has 0 spiro atoms. The monoisotopic (exact) mass is 337 g/mol. The van der Waals surface area contributed by atoms with Crippen LogP contribution < -0.4 is 9.47 Å². The van der Waals surface area contributed by atoms with Gasteiger partial charge in [0.1, 0.15) is 18.8 Å². The Bertz CT molecular complexity index is 566. The van der Waals surface area contributed by atoms with E-state index in [1.165, 1.54) is 7.11 Å². The van der Waals surface area contributed by atoms with Gasteiger partial charge in [-0.1, -0.05) is 12.1 Å². The van der Waals surface area contributed by atoms with Crippen LogP contribution in [0.4, 0.5) is 4.79 Å². The molecule has 24 heavy (non-hydrogen) atoms. The predicted molar refractivity (Wildman–Crippen MR) is 85.3 cm³/mol. The molecule has 7 nitrogen and oxygen atoms in total. The molecule has 1 fully saturated rings. The van der Waals surface area contributed by atoms with Crippen LogP contribution in [0.25, 0.3) is 0 Å². The van der Waals surface area contributed by atoms with E-state index in [-0.39, 0.29) is 6.10 Å². The summed E-state index contributed by atoms with van der Waals surface area (Å²) in [5.74, 6) is 1.55. The summed E-state index contributed by atoms with van der Waals surface area (Å²) in [6.45, 7) is 2.55. The van der Waals surface area contributed by atoms with Crippen LogP contribution in [0.5, 0.6) is 11.5 Å². The maximum absolute atomic E-state index is 11.2. The molecule has 3 atom stereocenters. The Kier molecular flexibility index (Phi) is 5.42. The van der Waals surface area contributed by atoms with E-state index >= 15 is 0 Å². The van der Waals surface area contributed by atoms with E-state index in [4.69, 9.17) is 14.2 Å². The number of aliphatic hydroxyl groups is 1. The van der Waals surface area contributed by atoms with E-state index in [0.717, 1.165) is 31.0 Å². The lowest BCUT2D eigenvalue weighted by molar-refractivity contribution is -0.0660. The number of ether oxygens (including phenoxy) is 4. The van der Waals surface area contributed by atoms with Crippen LogP contribution in [0, 0.1) is 0 Å². The van der Waals surface area contributed by atoms with Crippen LogP contribution in [0.1, 0.15) is 12.8 Å². The summed E-state index contributed by atoms with van der Waals surface area (Å²) >= 11 is 0. The SMILES string of the molecule is COC(=O)O[C@H]1CN(CCC2COc3ccccc3O2)CC[C@@H]1O. The average Bonchev–Trinajstić information content (AvgIpc) is 2.62. The summed E-state index contributed by atoms with van der Waals surface area (Å²) in [6.07, 6.45) is -0.618. The van der Waals surface area contributed by atoms with E-state index in [1.54, 1.807) is 0 Å². The van der Waals surface area contributed by atoms with Gasteiger partial charge in [0, 0.05) is 26.1 Å². The summed E-state index contributed by atoms with van der Waals surface area (Å²) in [4.78, 5) is 13.4. The van der Waals surface area contributed by atoms with Gasteiger partial charge in [-0.25, -0.2) is 4.79 Å². The number of likely N-dealkylation sites (tertiary alicyclic amines) is 1. The van der Waals surface area contributed by atoms with Crippen molar-refractivity contribution >= 4 is 6.16 Å². The van der Waals surface area contributed by atoms with E-state index in [1.807, 2.05) is 24.3 Å². The largest absolute Gasteiger partial charge is 0.508 e. The Morgan fingerprint density at radius 2 is 2.17 bits per heavy atom. The molecule has 1 N–H and O–H groups in total. The van der Waals surface area contributed by atoms with E-state index < -0.39 is 18.4 Å². The Balaban J connectivity index is 1.47. The molecule has 2 aliphatic rings. The van der Waals surface area contributed by atoms with Gasteiger partial charge in [-0.05, 0) is 18.6 Å². The number of hydrogen-bond acceptors (Lipinski definition) is 7. The summed E-state index contributed by atoms with van der Waals surface area (Å²) < 4.78 is 21.3. The maximum atomic E-state index is 11.2. The van der Waals surface area contributed by atoms with Crippen LogP contribution in [0.15, 0.2) is 24.3 Å². The molecule has 1 aromatic rings. The minimum atomic E-state index is -0.762. The zero-order chi connectivity index (χ0) is 16.9. The summed E-state index contributed by atoms with van der Waals surface area (Å²) in [5, 5.41) is 9.95. The third kappa shape index (κ3) is 4.10. The van der Waals surface area contributed by atoms with Crippen molar-refractivity contribution < 1.29 is 28.8 Å². The van der Waals surface area contributed by atoms with Gasteiger partial charge in [-0.15, -0.1) is 0 Å². The first-order valence-electron chi connectivity index (χ1n) is 8.19. The average molecular weight is 337 g/mol. The number of methoxy groups -OCH3 is 1. The quantitative estimate of drug-likeness (QED) is 0.833. The molecule has 0 aliphatic carbocycles. The predicted octanol–water partition coefficient (Wildman–Crippen LogP) is 1.43. The van der Waals surface area contributed by atoms with Gasteiger partial charge in [0.05, 0.1) is 13.2 Å². The lowest BCUT2D eigenvalue weighted by Crippen LogP contribution is -2.49. The third-order valence-electron chi connectivity index (χ3n) is 4.36. The molecule has 2 heterocycles. The Labute approximate surface area is 141 Å². The lowest BCUT2D eigenvalue weighted by atomic mass is 10.0. The molecule has 0 amide bonds. The first kappa shape index (κ1) is 16.9. The van der Waals surface area contributed by atoms with Gasteiger partial charge >= 0.3 is 6.16 Å². The second kappa shape index (κ2) is 7.72. The molecule has 3 rings (SSSR count). The molecule has 1 saturated heterocycles. The zero-order valence-corrected chi connectivity index (χ0v) is 13.7. The number of hydrogen-bond donors (Lipinski definition) is 1. The van der Waals surface area contributed by atoms with Crippen molar-refractivity contribution in [1.82, 2.24) is 4.90 Å². The van der Waals surface area contributed by atoms with Crippen molar-refractivity contribution in [1.29, 1.82) is 0 Å². The summed E-state index contributed by atoms with van der Waals surface area (Å²) in [6, 6.07) is 7.64. The topological polar surface area (TPSA) is 77.5 Å². The van der Waals surface area contributed by atoms with Crippen molar-refractivity contribution in [3.8, 4) is 11.5 Å². The highest BCUT2D eigenvalue weighted by molar-refractivity contribution is 5.59. The summed E-state index contributed by atoms with van der Waals surface area (Å²) in [5.41, 5.74) is 0. The van der Waals surface area contributed by atoms with Gasteiger partial charge in [0.15, 0.2) is 11.5 Å². The van der Waals surface area contributed by atoms with Crippen LogP contribution >= 0.6 is 0 Å². The normalized spacial score (nSPS) is 26.7. The van der Waals surface area contributed by atoms with Gasteiger partial charge < -0.3 is 24.1 Å². The molecule has 132 valence electrons. The van der Waals surface area contributed by atoms with E-state index in [0.29, 0.717) is 19.6 Å². The number of aliphatic hydroxyl groups excluding tert-OH is 1. The highest BCUT2D eigenvalue weighted by Crippen LogP contribution is 2.31. The number of carbonyl (C=O) groups is 1. The minimum Gasteiger partial charge on any atom is -0.486 e. The fourth-order valence-electron chi connectivity index (χ4n) is 2.99. The maximum Gasteiger partial charge on any atom is 0.508 e. The molecule has 1 unspecified atom stereocenters. The molecule has 7 heteroatoms. The standard InChI is InChI=1S/C17H23NO6/c1-21-17(20)24-16-10-18(9-7-13(16)19)8-6-12-11-22-14-4-2-3-5-15(14)23-12/h2-5,12-13,16,19H,6-11H2,1H3/t12?,13-,16-/m0/s1. The van der Waals surface area contributed by atoms with E-state index in [2.05, 4.69) is 9.64 Å². The lowest BCUT2D eigenvalue weighted by Gasteiger charge is -2.36. The van der Waals surface area contributed by atoms with E-state index in [9.17, 15) is 9.90 Å². The van der Waals surface area contributed by atoms with Gasteiger partial charge in [0.2, 0.25) is 0 Å². The number of nitrogens with zero attached hydrogens (tertiary/aromatic N) is 1. The molecule has 0 aromatic heterocycles. The molecule has 1 aromatic carbocycles. The van der Waals surface area contributed by atoms with Gasteiger partial charge in [-0.2, -0.15) is 0 Å². The minimum absolute atomic E-state index is 0.00766. The fraction of sp³-hybridized carbons (Fsp3) is 0.588. The smallest absolute Gasteiger partial charge is 0.486 e. The summed E-state index contributed by atoms with van der Waals surface area (Å²) in [7, 11) is 1.26. The van der Waals surface area contributed by atoms with Crippen molar-refractivity contribution in [2.24, 2.45) is 0 Å². The molecular formula is C17H23NO6. The third-order valence-corrected chi connectivity index (χ3v) is 4.36. The first-order chi connectivity index (χ1) is 11.7. The molecule has 0 radical (unpaired) electrons. The number of rotatable bonds is 4. The Hall–Kier alpha value is -1.99. The van der Waals surface area contributed by atoms with Crippen molar-refractivity contribution in [2.75, 3.05) is 33.4 Å². The molecule has 0 saturated carbocycles. The van der Waals surface area contributed by atoms with Gasteiger partial charge in [0.25, 0.3) is 0 Å². The molecule has 0 bridgehead atoms. The molecule has 2 aliphatic heterocycles. The number of fused-ring (bicyclic) bond motifs is 1. The number of para-hydroxylation sites is 2. The fourth-order valence-corrected chi connectivity index (χ4v) is 2.99. The Morgan fingerprint density at radius 1 is 1.38 bits per heavy atom. The second-order valence-corrected chi connectivity index (χ2v) is 6.05. The van der Waals surface area contributed by atoms with Gasteiger partial charge in [-0.3, -0.25) is 4.90 Å². The van der Waals surface area contributed by atoms with Crippen LogP contribution in [0.2, 0.25) is 0 Å². The van der Waals surface area contributed by atoms with Crippen LogP contribution in [-0.4, -0.2) is 67.8 Å². The number of piperidine rings is 1. The number of benzene rings is 1. The van der Waals surface area contributed by atoms with Crippen LogP contribution in [0.3, 0.4) is 0 Å². The number of carbonyl (C=O) groups excluding carboxylic acids is 1.